The van der Waals surface area contributed by atoms with Gasteiger partial charge in [-0.2, -0.15) is 0 Å². The Morgan fingerprint density at radius 3 is 2.57 bits per heavy atom. The second-order valence-electron chi connectivity index (χ2n) is 5.02. The maximum atomic E-state index is 14.1. The van der Waals surface area contributed by atoms with E-state index in [0.717, 1.165) is 11.3 Å². The van der Waals surface area contributed by atoms with Crippen LogP contribution in [0.5, 0.6) is 5.75 Å². The smallest absolute Gasteiger partial charge is 0.128 e. The molecule has 0 aliphatic rings. The van der Waals surface area contributed by atoms with E-state index in [-0.39, 0.29) is 6.04 Å². The number of hydrogen-bond donors (Lipinski definition) is 1. The highest BCUT2D eigenvalue weighted by molar-refractivity contribution is 5.32. The van der Waals surface area contributed by atoms with Crippen LogP contribution in [-0.2, 0) is 6.42 Å². The van der Waals surface area contributed by atoms with E-state index in [0.29, 0.717) is 17.5 Å². The fourth-order valence-corrected chi connectivity index (χ4v) is 2.33. The summed E-state index contributed by atoms with van der Waals surface area (Å²) in [6.07, 6.45) is 0.549. The van der Waals surface area contributed by atoms with Crippen molar-refractivity contribution in [2.45, 2.75) is 19.4 Å². The van der Waals surface area contributed by atoms with Gasteiger partial charge in [0, 0.05) is 11.6 Å². The minimum atomic E-state index is -0.392. The molecule has 1 atom stereocenters. The van der Waals surface area contributed by atoms with Gasteiger partial charge in [0.2, 0.25) is 0 Å². The number of halogens is 2. The highest BCUT2D eigenvalue weighted by atomic mass is 19.1. The van der Waals surface area contributed by atoms with Crippen LogP contribution in [0.4, 0.5) is 8.78 Å². The number of likely N-dealkylation sites (N-methyl/N-ethyl adjacent to an activating group) is 1. The van der Waals surface area contributed by atoms with Crippen molar-refractivity contribution in [2.75, 3.05) is 14.2 Å². The Morgan fingerprint density at radius 1 is 1.14 bits per heavy atom. The number of methoxy groups -OCH3 is 1. The number of aryl methyl sites for hydroxylation is 1. The van der Waals surface area contributed by atoms with E-state index in [1.54, 1.807) is 21.1 Å². The van der Waals surface area contributed by atoms with Crippen molar-refractivity contribution in [3.63, 3.8) is 0 Å². The van der Waals surface area contributed by atoms with E-state index >= 15 is 0 Å². The number of rotatable bonds is 5. The maximum Gasteiger partial charge on any atom is 0.128 e. The predicted molar refractivity (Wildman–Crippen MR) is 79.6 cm³/mol. The summed E-state index contributed by atoms with van der Waals surface area (Å²) < 4.78 is 33.0. The molecule has 0 spiro atoms. The Hall–Kier alpha value is -1.94. The van der Waals surface area contributed by atoms with Gasteiger partial charge in [-0.1, -0.05) is 12.1 Å². The molecule has 0 aliphatic carbocycles. The van der Waals surface area contributed by atoms with Gasteiger partial charge in [-0.15, -0.1) is 0 Å². The lowest BCUT2D eigenvalue weighted by Crippen LogP contribution is -2.20. The maximum absolute atomic E-state index is 14.1. The lowest BCUT2D eigenvalue weighted by molar-refractivity contribution is 0.414. The Morgan fingerprint density at radius 2 is 1.90 bits per heavy atom. The highest BCUT2D eigenvalue weighted by Crippen LogP contribution is 2.25. The monoisotopic (exact) mass is 291 g/mol. The summed E-state index contributed by atoms with van der Waals surface area (Å²) in [4.78, 5) is 0. The van der Waals surface area contributed by atoms with Crippen LogP contribution in [0.1, 0.15) is 22.7 Å². The summed E-state index contributed by atoms with van der Waals surface area (Å²) in [5.74, 6) is -0.0358. The molecule has 0 aliphatic heterocycles. The fraction of sp³-hybridized carbons (Fsp3) is 0.294. The molecule has 0 fully saturated rings. The lowest BCUT2D eigenvalue weighted by Gasteiger charge is -2.18. The van der Waals surface area contributed by atoms with Crippen LogP contribution in [0.15, 0.2) is 36.4 Å². The average molecular weight is 291 g/mol. The molecule has 1 N–H and O–H groups in total. The van der Waals surface area contributed by atoms with Gasteiger partial charge < -0.3 is 10.1 Å². The third-order valence-electron chi connectivity index (χ3n) is 3.58. The minimum Gasteiger partial charge on any atom is -0.497 e. The van der Waals surface area contributed by atoms with E-state index in [2.05, 4.69) is 5.32 Å². The van der Waals surface area contributed by atoms with Crippen LogP contribution in [-0.4, -0.2) is 14.2 Å². The Bertz CT molecular complexity index is 628. The topological polar surface area (TPSA) is 21.3 Å². The lowest BCUT2D eigenvalue weighted by atomic mass is 9.97. The first kappa shape index (κ1) is 15.4. The molecule has 0 aromatic heterocycles. The van der Waals surface area contributed by atoms with Crippen molar-refractivity contribution < 1.29 is 13.5 Å². The molecule has 21 heavy (non-hydrogen) atoms. The zero-order valence-electron chi connectivity index (χ0n) is 12.4. The van der Waals surface area contributed by atoms with Gasteiger partial charge in [0.25, 0.3) is 0 Å². The Kier molecular flexibility index (Phi) is 4.91. The summed E-state index contributed by atoms with van der Waals surface area (Å²) in [5, 5.41) is 3.04. The molecule has 1 unspecified atom stereocenters. The summed E-state index contributed by atoms with van der Waals surface area (Å²) >= 11 is 0. The summed E-state index contributed by atoms with van der Waals surface area (Å²) in [7, 11) is 3.34. The summed E-state index contributed by atoms with van der Waals surface area (Å²) in [5.41, 5.74) is 1.64. The molecule has 2 rings (SSSR count). The quantitative estimate of drug-likeness (QED) is 0.905. The van der Waals surface area contributed by atoms with Crippen molar-refractivity contribution in [2.24, 2.45) is 0 Å². The van der Waals surface area contributed by atoms with Crippen LogP contribution >= 0.6 is 0 Å². The second-order valence-corrected chi connectivity index (χ2v) is 5.02. The number of nitrogens with one attached hydrogen (secondary N) is 1. The van der Waals surface area contributed by atoms with Crippen LogP contribution in [0.25, 0.3) is 0 Å². The van der Waals surface area contributed by atoms with Crippen molar-refractivity contribution >= 4 is 0 Å². The van der Waals surface area contributed by atoms with Crippen LogP contribution in [0.3, 0.4) is 0 Å². The standard InChI is InChI=1S/C17H19F2NO/c1-11-7-16(19)14(10-15(11)18)17(20-2)9-12-5-4-6-13(8-12)21-3/h4-8,10,17,20H,9H2,1-3H3. The normalized spacial score (nSPS) is 12.2. The fourth-order valence-electron chi connectivity index (χ4n) is 2.33. The van der Waals surface area contributed by atoms with Crippen LogP contribution in [0.2, 0.25) is 0 Å². The molecule has 0 amide bonds. The van der Waals surface area contributed by atoms with Gasteiger partial charge in [0.1, 0.15) is 17.4 Å². The van der Waals surface area contributed by atoms with Gasteiger partial charge in [-0.05, 0) is 55.8 Å². The molecular formula is C17H19F2NO. The summed E-state index contributed by atoms with van der Waals surface area (Å²) in [6.45, 7) is 1.55. The molecule has 0 heterocycles. The average Bonchev–Trinajstić information content (AvgIpc) is 2.49. The molecule has 112 valence electrons. The van der Waals surface area contributed by atoms with Crippen molar-refractivity contribution in [1.82, 2.24) is 5.32 Å². The zero-order valence-corrected chi connectivity index (χ0v) is 12.4. The molecule has 0 radical (unpaired) electrons. The molecule has 0 saturated heterocycles. The highest BCUT2D eigenvalue weighted by Gasteiger charge is 2.17. The third-order valence-corrected chi connectivity index (χ3v) is 3.58. The van der Waals surface area contributed by atoms with E-state index in [1.165, 1.54) is 12.1 Å². The molecular weight excluding hydrogens is 272 g/mol. The second kappa shape index (κ2) is 6.68. The number of ether oxygens (including phenoxy) is 1. The zero-order chi connectivity index (χ0) is 15.4. The van der Waals surface area contributed by atoms with Gasteiger partial charge in [-0.25, -0.2) is 8.78 Å². The van der Waals surface area contributed by atoms with Gasteiger partial charge in [0.15, 0.2) is 0 Å². The summed E-state index contributed by atoms with van der Waals surface area (Å²) in [6, 6.07) is 9.78. The van der Waals surface area contributed by atoms with E-state index < -0.39 is 11.6 Å². The van der Waals surface area contributed by atoms with E-state index in [9.17, 15) is 8.78 Å². The van der Waals surface area contributed by atoms with Gasteiger partial charge >= 0.3 is 0 Å². The van der Waals surface area contributed by atoms with Crippen molar-refractivity contribution in [3.8, 4) is 5.75 Å². The first-order valence-corrected chi connectivity index (χ1v) is 6.81. The molecule has 2 aromatic carbocycles. The first-order chi connectivity index (χ1) is 10.0. The van der Waals surface area contributed by atoms with Crippen LogP contribution in [0, 0.1) is 18.6 Å². The van der Waals surface area contributed by atoms with E-state index in [1.807, 2.05) is 24.3 Å². The van der Waals surface area contributed by atoms with Crippen molar-refractivity contribution in [3.05, 3.63) is 64.7 Å². The molecule has 2 aromatic rings. The first-order valence-electron chi connectivity index (χ1n) is 6.81. The third kappa shape index (κ3) is 3.58. The van der Waals surface area contributed by atoms with Gasteiger partial charge in [0.05, 0.1) is 7.11 Å². The molecule has 0 saturated carbocycles. The Labute approximate surface area is 123 Å². The van der Waals surface area contributed by atoms with Gasteiger partial charge in [-0.3, -0.25) is 0 Å². The minimum absolute atomic E-state index is 0.299. The van der Waals surface area contributed by atoms with Crippen molar-refractivity contribution in [1.29, 1.82) is 0 Å². The Balaban J connectivity index is 2.29. The van der Waals surface area contributed by atoms with Crippen LogP contribution < -0.4 is 10.1 Å². The molecule has 2 nitrogen and oxygen atoms in total. The largest absolute Gasteiger partial charge is 0.497 e. The predicted octanol–water partition coefficient (Wildman–Crippen LogP) is 3.79. The molecule has 4 heteroatoms. The van der Waals surface area contributed by atoms with E-state index in [4.69, 9.17) is 4.74 Å². The SMILES string of the molecule is CNC(Cc1cccc(OC)c1)c1cc(F)c(C)cc1F. The number of benzene rings is 2. The number of hydrogen-bond acceptors (Lipinski definition) is 2. The molecule has 0 bridgehead atoms.